The molecule has 1 heteroatoms. The highest BCUT2D eigenvalue weighted by atomic mass is 14.9. The van der Waals surface area contributed by atoms with Gasteiger partial charge in [0.1, 0.15) is 0 Å². The van der Waals surface area contributed by atoms with E-state index in [-0.39, 0.29) is 0 Å². The molecule has 0 spiro atoms. The minimum atomic E-state index is 0.384. The molecule has 0 aromatic heterocycles. The molecule has 1 N–H and O–H groups in total. The van der Waals surface area contributed by atoms with Gasteiger partial charge in [0, 0.05) is 6.04 Å². The fourth-order valence-electron chi connectivity index (χ4n) is 2.50. The number of rotatable bonds is 7. The summed E-state index contributed by atoms with van der Waals surface area (Å²) in [5, 5.41) is 3.70. The molecule has 0 bridgehead atoms. The Hall–Kier alpha value is -0.820. The lowest BCUT2D eigenvalue weighted by Gasteiger charge is -2.27. The molecule has 0 saturated heterocycles. The van der Waals surface area contributed by atoms with Crippen LogP contribution in [-0.2, 0) is 12.8 Å². The highest BCUT2D eigenvalue weighted by molar-refractivity contribution is 5.23. The van der Waals surface area contributed by atoms with Crippen molar-refractivity contribution in [3.05, 3.63) is 35.4 Å². The standard InChI is InChI=1S/C18H31N/c1-6-12-19-17(14-18(3,4)5)13-16-10-8-15(7-2)9-11-16/h8-11,17,19H,6-7,12-14H2,1-5H3. The molecule has 108 valence electrons. The molecule has 0 heterocycles. The van der Waals surface area contributed by atoms with Crippen LogP contribution in [0.3, 0.4) is 0 Å². The van der Waals surface area contributed by atoms with Gasteiger partial charge in [-0.15, -0.1) is 0 Å². The van der Waals surface area contributed by atoms with Crippen molar-refractivity contribution in [3.63, 3.8) is 0 Å². The zero-order valence-corrected chi connectivity index (χ0v) is 13.4. The van der Waals surface area contributed by atoms with Gasteiger partial charge in [0.05, 0.1) is 0 Å². The molecular formula is C18H31N. The van der Waals surface area contributed by atoms with Crippen LogP contribution in [-0.4, -0.2) is 12.6 Å². The third-order valence-corrected chi connectivity index (χ3v) is 3.46. The van der Waals surface area contributed by atoms with E-state index in [1.807, 2.05) is 0 Å². The van der Waals surface area contributed by atoms with Crippen molar-refractivity contribution >= 4 is 0 Å². The maximum absolute atomic E-state index is 3.70. The Balaban J connectivity index is 2.63. The summed E-state index contributed by atoms with van der Waals surface area (Å²) in [6, 6.07) is 9.71. The highest BCUT2D eigenvalue weighted by Gasteiger charge is 2.18. The van der Waals surface area contributed by atoms with E-state index in [2.05, 4.69) is 64.2 Å². The molecule has 1 aromatic carbocycles. The van der Waals surface area contributed by atoms with E-state index in [0.717, 1.165) is 19.4 Å². The lowest BCUT2D eigenvalue weighted by Crippen LogP contribution is -2.35. The summed E-state index contributed by atoms with van der Waals surface area (Å²) in [4.78, 5) is 0. The van der Waals surface area contributed by atoms with Crippen LogP contribution in [0.5, 0.6) is 0 Å². The van der Waals surface area contributed by atoms with Crippen molar-refractivity contribution in [3.8, 4) is 0 Å². The molecule has 1 atom stereocenters. The predicted molar refractivity (Wildman–Crippen MR) is 85.7 cm³/mol. The summed E-state index contributed by atoms with van der Waals surface area (Å²) in [6.45, 7) is 12.5. The third-order valence-electron chi connectivity index (χ3n) is 3.46. The number of benzene rings is 1. The van der Waals surface area contributed by atoms with E-state index < -0.39 is 0 Å². The minimum Gasteiger partial charge on any atom is -0.314 e. The van der Waals surface area contributed by atoms with E-state index in [1.165, 1.54) is 24.0 Å². The summed E-state index contributed by atoms with van der Waals surface area (Å²) in [5.74, 6) is 0. The summed E-state index contributed by atoms with van der Waals surface area (Å²) in [5.41, 5.74) is 3.27. The molecule has 0 fully saturated rings. The quantitative estimate of drug-likeness (QED) is 0.756. The van der Waals surface area contributed by atoms with Gasteiger partial charge in [-0.3, -0.25) is 0 Å². The zero-order valence-electron chi connectivity index (χ0n) is 13.4. The maximum Gasteiger partial charge on any atom is 0.0112 e. The molecule has 0 aliphatic heterocycles. The fraction of sp³-hybridized carbons (Fsp3) is 0.667. The Morgan fingerprint density at radius 1 is 1.00 bits per heavy atom. The fourth-order valence-corrected chi connectivity index (χ4v) is 2.50. The van der Waals surface area contributed by atoms with Crippen molar-refractivity contribution in [2.75, 3.05) is 6.54 Å². The van der Waals surface area contributed by atoms with Crippen LogP contribution in [0.25, 0.3) is 0 Å². The van der Waals surface area contributed by atoms with E-state index >= 15 is 0 Å². The molecular weight excluding hydrogens is 230 g/mol. The Labute approximate surface area is 119 Å². The molecule has 1 unspecified atom stereocenters. The van der Waals surface area contributed by atoms with Gasteiger partial charge in [-0.25, -0.2) is 0 Å². The summed E-state index contributed by atoms with van der Waals surface area (Å²) in [6.07, 6.45) is 4.69. The highest BCUT2D eigenvalue weighted by Crippen LogP contribution is 2.22. The van der Waals surface area contributed by atoms with Crippen LogP contribution < -0.4 is 5.32 Å². The first kappa shape index (κ1) is 16.2. The van der Waals surface area contributed by atoms with E-state index in [0.29, 0.717) is 11.5 Å². The number of hydrogen-bond acceptors (Lipinski definition) is 1. The molecule has 0 amide bonds. The molecule has 0 aliphatic carbocycles. The Morgan fingerprint density at radius 3 is 2.05 bits per heavy atom. The molecule has 0 saturated carbocycles. The molecule has 1 rings (SSSR count). The molecule has 0 aliphatic rings. The Bertz CT molecular complexity index is 345. The normalized spacial score (nSPS) is 13.5. The van der Waals surface area contributed by atoms with Crippen LogP contribution in [0.15, 0.2) is 24.3 Å². The van der Waals surface area contributed by atoms with Gasteiger partial charge in [0.2, 0.25) is 0 Å². The molecule has 1 aromatic rings. The minimum absolute atomic E-state index is 0.384. The predicted octanol–water partition coefficient (Wildman–Crippen LogP) is 4.60. The van der Waals surface area contributed by atoms with Gasteiger partial charge < -0.3 is 5.32 Å². The lowest BCUT2D eigenvalue weighted by atomic mass is 9.85. The SMILES string of the molecule is CCCNC(Cc1ccc(CC)cc1)CC(C)(C)C. The van der Waals surface area contributed by atoms with Crippen molar-refractivity contribution in [1.82, 2.24) is 5.32 Å². The van der Waals surface area contributed by atoms with Gasteiger partial charge in [-0.05, 0) is 48.8 Å². The van der Waals surface area contributed by atoms with Crippen LogP contribution in [0.2, 0.25) is 0 Å². The summed E-state index contributed by atoms with van der Waals surface area (Å²) < 4.78 is 0. The van der Waals surface area contributed by atoms with Crippen molar-refractivity contribution < 1.29 is 0 Å². The zero-order chi connectivity index (χ0) is 14.3. The lowest BCUT2D eigenvalue weighted by molar-refractivity contribution is 0.306. The Morgan fingerprint density at radius 2 is 1.58 bits per heavy atom. The summed E-state index contributed by atoms with van der Waals surface area (Å²) in [7, 11) is 0. The smallest absolute Gasteiger partial charge is 0.0112 e. The number of aryl methyl sites for hydroxylation is 1. The number of hydrogen-bond donors (Lipinski definition) is 1. The monoisotopic (exact) mass is 261 g/mol. The molecule has 0 radical (unpaired) electrons. The van der Waals surface area contributed by atoms with Gasteiger partial charge >= 0.3 is 0 Å². The summed E-state index contributed by atoms with van der Waals surface area (Å²) >= 11 is 0. The van der Waals surface area contributed by atoms with Gasteiger partial charge in [0.25, 0.3) is 0 Å². The second-order valence-electron chi connectivity index (χ2n) is 6.79. The Kier molecular flexibility index (Phi) is 6.57. The van der Waals surface area contributed by atoms with Crippen molar-refractivity contribution in [2.24, 2.45) is 5.41 Å². The van der Waals surface area contributed by atoms with E-state index in [9.17, 15) is 0 Å². The van der Waals surface area contributed by atoms with Crippen LogP contribution in [0.1, 0.15) is 58.6 Å². The van der Waals surface area contributed by atoms with Crippen molar-refractivity contribution in [1.29, 1.82) is 0 Å². The van der Waals surface area contributed by atoms with Gasteiger partial charge in [-0.1, -0.05) is 58.9 Å². The third kappa shape index (κ3) is 6.77. The van der Waals surface area contributed by atoms with Gasteiger partial charge in [-0.2, -0.15) is 0 Å². The average Bonchev–Trinajstić information content (AvgIpc) is 2.35. The first-order valence-electron chi connectivity index (χ1n) is 7.75. The van der Waals surface area contributed by atoms with Gasteiger partial charge in [0.15, 0.2) is 0 Å². The average molecular weight is 261 g/mol. The molecule has 19 heavy (non-hydrogen) atoms. The van der Waals surface area contributed by atoms with Crippen LogP contribution >= 0.6 is 0 Å². The second-order valence-corrected chi connectivity index (χ2v) is 6.79. The first-order chi connectivity index (χ1) is 8.94. The number of nitrogens with one attached hydrogen (secondary N) is 1. The van der Waals surface area contributed by atoms with E-state index in [4.69, 9.17) is 0 Å². The van der Waals surface area contributed by atoms with Crippen LogP contribution in [0, 0.1) is 5.41 Å². The molecule has 1 nitrogen and oxygen atoms in total. The van der Waals surface area contributed by atoms with Crippen molar-refractivity contribution in [2.45, 2.75) is 66.3 Å². The largest absolute Gasteiger partial charge is 0.314 e. The van der Waals surface area contributed by atoms with E-state index in [1.54, 1.807) is 0 Å². The topological polar surface area (TPSA) is 12.0 Å². The second kappa shape index (κ2) is 7.69. The first-order valence-corrected chi connectivity index (χ1v) is 7.75. The maximum atomic E-state index is 3.70. The van der Waals surface area contributed by atoms with Crippen LogP contribution in [0.4, 0.5) is 0 Å².